The summed E-state index contributed by atoms with van der Waals surface area (Å²) in [6.07, 6.45) is 7.88. The topological polar surface area (TPSA) is 91.4 Å². The van der Waals surface area contributed by atoms with Gasteiger partial charge in [0.1, 0.15) is 5.82 Å². The summed E-state index contributed by atoms with van der Waals surface area (Å²) in [4.78, 5) is 22.5. The van der Waals surface area contributed by atoms with Crippen LogP contribution in [0.1, 0.15) is 49.5 Å². The zero-order chi connectivity index (χ0) is 22.9. The van der Waals surface area contributed by atoms with E-state index in [0.717, 1.165) is 36.9 Å². The molecule has 0 radical (unpaired) electrons. The van der Waals surface area contributed by atoms with Gasteiger partial charge in [-0.25, -0.2) is 10.4 Å². The molecule has 3 fully saturated rings. The second-order valence-corrected chi connectivity index (χ2v) is 9.75. The highest BCUT2D eigenvalue weighted by Gasteiger charge is 2.42. The van der Waals surface area contributed by atoms with Gasteiger partial charge < -0.3 is 10.1 Å². The van der Waals surface area contributed by atoms with Crippen molar-refractivity contribution in [2.75, 3.05) is 24.5 Å². The number of aromatic nitrogens is 2. The van der Waals surface area contributed by atoms with E-state index in [2.05, 4.69) is 32.2 Å². The van der Waals surface area contributed by atoms with Crippen molar-refractivity contribution in [2.24, 2.45) is 5.92 Å². The summed E-state index contributed by atoms with van der Waals surface area (Å²) in [6, 6.07) is 4.53. The Kier molecular flexibility index (Phi) is 6.83. The van der Waals surface area contributed by atoms with Gasteiger partial charge in [0, 0.05) is 43.3 Å². The minimum atomic E-state index is -0.215. The normalized spacial score (nSPS) is 28.6. The third-order valence-corrected chi connectivity index (χ3v) is 7.50. The number of carbonyl (C=O) groups excluding carboxylic acids is 1. The van der Waals surface area contributed by atoms with E-state index in [1.807, 2.05) is 19.2 Å². The van der Waals surface area contributed by atoms with Gasteiger partial charge >= 0.3 is 0 Å². The number of pyridine rings is 2. The lowest BCUT2D eigenvalue weighted by atomic mass is 9.78. The molecule has 0 aromatic carbocycles. The van der Waals surface area contributed by atoms with Gasteiger partial charge in [-0.1, -0.05) is 29.3 Å². The summed E-state index contributed by atoms with van der Waals surface area (Å²) in [5, 5.41) is 4.14. The van der Waals surface area contributed by atoms with Crippen molar-refractivity contribution in [3.63, 3.8) is 0 Å². The summed E-state index contributed by atoms with van der Waals surface area (Å²) >= 11 is 12.7. The number of hydrazine groups is 1. The second-order valence-electron chi connectivity index (χ2n) is 8.94. The van der Waals surface area contributed by atoms with Crippen molar-refractivity contribution in [2.45, 2.75) is 50.5 Å². The highest BCUT2D eigenvalue weighted by atomic mass is 35.5. The molecular formula is C23H28Cl2N6O2. The first kappa shape index (κ1) is 23.0. The first-order valence-electron chi connectivity index (χ1n) is 11.4. The Balaban J connectivity index is 1.26. The van der Waals surface area contributed by atoms with E-state index in [0.29, 0.717) is 40.9 Å². The smallest absolute Gasteiger partial charge is 0.242 e. The first-order valence-corrected chi connectivity index (χ1v) is 12.2. The molecule has 0 spiro atoms. The maximum atomic E-state index is 12.2. The largest absolute Gasteiger partial charge is 0.370 e. The number of ether oxygens (including phenoxy) is 1. The van der Waals surface area contributed by atoms with Crippen molar-refractivity contribution >= 4 is 34.9 Å². The van der Waals surface area contributed by atoms with Crippen LogP contribution in [0.5, 0.6) is 0 Å². The number of hydrogen-bond donors (Lipinski definition) is 3. The molecule has 8 nitrogen and oxygen atoms in total. The van der Waals surface area contributed by atoms with Gasteiger partial charge in [-0.15, -0.1) is 0 Å². The van der Waals surface area contributed by atoms with Crippen LogP contribution in [-0.4, -0.2) is 47.7 Å². The van der Waals surface area contributed by atoms with Crippen molar-refractivity contribution in [1.29, 1.82) is 0 Å². The standard InChI is InChI=1S/C23H28Cl2N6O2/c1-13(22-17(24)10-27-11-18(22)25)33-15-3-4-19-16(8-15)23(30-29-19)14-2-5-20(28-9-14)31-7-6-26-12-21(31)32/h2,5,9-11,13,15-16,19,23,26,29-30H,3-4,6-8,12H2,1H3/t13-,15?,16?,19?,23?/m1/s1. The number of rotatable bonds is 5. The molecule has 2 aromatic rings. The number of carbonyl (C=O) groups is 1. The number of fused-ring (bicyclic) bond motifs is 1. The molecule has 1 aliphatic carbocycles. The number of halogens is 2. The Hall–Kier alpha value is -1.81. The van der Waals surface area contributed by atoms with Crippen LogP contribution in [0, 0.1) is 5.92 Å². The van der Waals surface area contributed by atoms with E-state index < -0.39 is 0 Å². The van der Waals surface area contributed by atoms with Crippen molar-refractivity contribution in [3.8, 4) is 0 Å². The first-order chi connectivity index (χ1) is 16.0. The molecule has 5 rings (SSSR count). The highest BCUT2D eigenvalue weighted by molar-refractivity contribution is 6.35. The molecular weight excluding hydrogens is 463 g/mol. The van der Waals surface area contributed by atoms with Crippen LogP contribution < -0.4 is 21.1 Å². The van der Waals surface area contributed by atoms with Crippen LogP contribution in [0.25, 0.3) is 0 Å². The van der Waals surface area contributed by atoms with Crippen LogP contribution in [0.15, 0.2) is 30.7 Å². The minimum absolute atomic E-state index is 0.0537. The molecule has 176 valence electrons. The Morgan fingerprint density at radius 3 is 2.70 bits per heavy atom. The number of hydrogen-bond acceptors (Lipinski definition) is 7. The van der Waals surface area contributed by atoms with E-state index in [9.17, 15) is 4.79 Å². The van der Waals surface area contributed by atoms with Crippen molar-refractivity contribution < 1.29 is 9.53 Å². The Labute approximate surface area is 203 Å². The van der Waals surface area contributed by atoms with Gasteiger partial charge in [-0.05, 0) is 43.7 Å². The van der Waals surface area contributed by atoms with Gasteiger partial charge in [0.2, 0.25) is 5.91 Å². The van der Waals surface area contributed by atoms with Crippen LogP contribution in [0.3, 0.4) is 0 Å². The molecule has 4 heterocycles. The predicted octanol–water partition coefficient (Wildman–Crippen LogP) is 3.18. The van der Waals surface area contributed by atoms with E-state index >= 15 is 0 Å². The quantitative estimate of drug-likeness (QED) is 0.592. The fraction of sp³-hybridized carbons (Fsp3) is 0.522. The number of nitrogens with zero attached hydrogens (tertiary/aromatic N) is 3. The van der Waals surface area contributed by atoms with E-state index in [4.69, 9.17) is 27.9 Å². The fourth-order valence-electron chi connectivity index (χ4n) is 5.23. The minimum Gasteiger partial charge on any atom is -0.370 e. The molecule has 2 saturated heterocycles. The molecule has 0 bridgehead atoms. The lowest BCUT2D eigenvalue weighted by Gasteiger charge is -2.35. The zero-order valence-corrected chi connectivity index (χ0v) is 19.9. The van der Waals surface area contributed by atoms with E-state index in [-0.39, 0.29) is 24.2 Å². The number of piperazine rings is 1. The SMILES string of the molecule is C[C@@H](OC1CCC2NNC(c3ccc(N4CCNCC4=O)nc3)C2C1)c1c(Cl)cncc1Cl. The van der Waals surface area contributed by atoms with E-state index in [1.165, 1.54) is 0 Å². The molecule has 2 aromatic heterocycles. The molecule has 3 aliphatic rings. The molecule has 5 atom stereocenters. The zero-order valence-electron chi connectivity index (χ0n) is 18.4. The average molecular weight is 491 g/mol. The lowest BCUT2D eigenvalue weighted by Crippen LogP contribution is -2.48. The Bertz CT molecular complexity index is 987. The molecule has 10 heteroatoms. The van der Waals surface area contributed by atoms with Crippen LogP contribution in [-0.2, 0) is 9.53 Å². The van der Waals surface area contributed by atoms with Crippen LogP contribution in [0.2, 0.25) is 10.0 Å². The predicted molar refractivity (Wildman–Crippen MR) is 127 cm³/mol. The van der Waals surface area contributed by atoms with Gasteiger partial charge in [0.15, 0.2) is 0 Å². The summed E-state index contributed by atoms with van der Waals surface area (Å²) in [5.41, 5.74) is 8.81. The van der Waals surface area contributed by atoms with Gasteiger partial charge in [-0.2, -0.15) is 0 Å². The van der Waals surface area contributed by atoms with Crippen LogP contribution in [0.4, 0.5) is 5.82 Å². The Morgan fingerprint density at radius 2 is 1.97 bits per heavy atom. The van der Waals surface area contributed by atoms with Gasteiger partial charge in [0.05, 0.1) is 34.8 Å². The third-order valence-electron chi connectivity index (χ3n) is 6.89. The molecule has 4 unspecified atom stereocenters. The molecule has 33 heavy (non-hydrogen) atoms. The summed E-state index contributed by atoms with van der Waals surface area (Å²) in [6.45, 7) is 3.77. The lowest BCUT2D eigenvalue weighted by molar-refractivity contribution is -0.118. The number of nitrogens with one attached hydrogen (secondary N) is 3. The maximum absolute atomic E-state index is 12.2. The number of anilines is 1. The number of amides is 1. The van der Waals surface area contributed by atoms with Gasteiger partial charge in [-0.3, -0.25) is 20.1 Å². The highest BCUT2D eigenvalue weighted by Crippen LogP contribution is 2.41. The second kappa shape index (κ2) is 9.82. The average Bonchev–Trinajstić information content (AvgIpc) is 3.23. The maximum Gasteiger partial charge on any atom is 0.242 e. The third kappa shape index (κ3) is 4.73. The molecule has 1 amide bonds. The van der Waals surface area contributed by atoms with Crippen molar-refractivity contribution in [1.82, 2.24) is 26.1 Å². The fourth-order valence-corrected chi connectivity index (χ4v) is 5.90. The van der Waals surface area contributed by atoms with Crippen LogP contribution >= 0.6 is 23.2 Å². The molecule has 1 saturated carbocycles. The van der Waals surface area contributed by atoms with E-state index in [1.54, 1.807) is 17.3 Å². The monoisotopic (exact) mass is 490 g/mol. The van der Waals surface area contributed by atoms with Gasteiger partial charge in [0.25, 0.3) is 0 Å². The van der Waals surface area contributed by atoms with Crippen molar-refractivity contribution in [3.05, 3.63) is 51.9 Å². The Morgan fingerprint density at radius 1 is 1.15 bits per heavy atom. The summed E-state index contributed by atoms with van der Waals surface area (Å²) < 4.78 is 6.42. The summed E-state index contributed by atoms with van der Waals surface area (Å²) in [7, 11) is 0. The molecule has 2 aliphatic heterocycles. The molecule has 3 N–H and O–H groups in total. The summed E-state index contributed by atoms with van der Waals surface area (Å²) in [5.74, 6) is 1.13.